The van der Waals surface area contributed by atoms with Gasteiger partial charge in [0, 0.05) is 15.7 Å². The summed E-state index contributed by atoms with van der Waals surface area (Å²) in [6.07, 6.45) is 1.46. The summed E-state index contributed by atoms with van der Waals surface area (Å²) in [5.74, 6) is 0.657. The molecule has 0 radical (unpaired) electrons. The molecule has 0 saturated heterocycles. The number of carbonyl (C=O) groups excluding carboxylic acids is 1. The number of furan rings is 1. The number of benzene rings is 4. The number of para-hydroxylation sites is 1. The van der Waals surface area contributed by atoms with Crippen molar-refractivity contribution in [2.75, 3.05) is 26.1 Å². The third-order valence-corrected chi connectivity index (χ3v) is 9.00. The Morgan fingerprint density at radius 1 is 0.978 bits per heavy atom. The first-order valence-electron chi connectivity index (χ1n) is 13.6. The van der Waals surface area contributed by atoms with Crippen LogP contribution in [0.25, 0.3) is 33.5 Å². The molecule has 232 valence electrons. The van der Waals surface area contributed by atoms with Gasteiger partial charge in [0.05, 0.1) is 41.2 Å². The molecule has 46 heavy (non-hydrogen) atoms. The largest absolute Gasteiger partial charge is 0.496 e. The lowest BCUT2D eigenvalue weighted by molar-refractivity contribution is -0.118. The molecule has 0 atom stereocenters. The minimum Gasteiger partial charge on any atom is -0.496 e. The van der Waals surface area contributed by atoms with E-state index in [1.807, 2.05) is 6.07 Å². The molecule has 4 aromatic carbocycles. The molecule has 0 bridgehead atoms. The number of aromatic nitrogens is 2. The highest BCUT2D eigenvalue weighted by Crippen LogP contribution is 2.42. The van der Waals surface area contributed by atoms with Crippen molar-refractivity contribution in [1.82, 2.24) is 9.66 Å². The predicted octanol–water partition coefficient (Wildman–Crippen LogP) is 7.39. The van der Waals surface area contributed by atoms with Crippen molar-refractivity contribution in [2.24, 2.45) is 5.10 Å². The zero-order chi connectivity index (χ0) is 32.4. The molecule has 1 N–H and O–H groups in total. The molecular weight excluding hydrogens is 727 g/mol. The number of rotatable bonds is 9. The number of amides is 1. The molecule has 0 saturated carbocycles. The van der Waals surface area contributed by atoms with Crippen LogP contribution >= 0.6 is 31.9 Å². The first-order valence-corrected chi connectivity index (χ1v) is 15.2. The third kappa shape index (κ3) is 6.11. The number of methoxy groups -OCH3 is 2. The highest BCUT2D eigenvalue weighted by atomic mass is 79.9. The molecular formula is C33H23Br2FN4O6. The molecule has 0 fully saturated rings. The number of nitrogens with zero attached hydrogens (tertiary/aromatic N) is 3. The SMILES string of the molecule is COc1cc(C=Nn2c(-c3cc4c(OC)cccc4o3)nc3ccccc3c2=O)c(Br)c(Br)c1OCC(=O)Nc1cccc(F)c1. The van der Waals surface area contributed by atoms with Crippen LogP contribution in [0.2, 0.25) is 0 Å². The summed E-state index contributed by atoms with van der Waals surface area (Å²) < 4.78 is 38.5. The molecule has 10 nitrogen and oxygen atoms in total. The lowest BCUT2D eigenvalue weighted by Crippen LogP contribution is -2.21. The number of carbonyl (C=O) groups is 1. The van der Waals surface area contributed by atoms with Gasteiger partial charge in [-0.2, -0.15) is 9.78 Å². The number of halogens is 3. The minimum absolute atomic E-state index is 0.185. The summed E-state index contributed by atoms with van der Waals surface area (Å²) in [5, 5.41) is 8.20. The molecule has 2 aromatic heterocycles. The van der Waals surface area contributed by atoms with Crippen LogP contribution in [0.3, 0.4) is 0 Å². The van der Waals surface area contributed by atoms with Crippen molar-refractivity contribution in [1.29, 1.82) is 0 Å². The van der Waals surface area contributed by atoms with Crippen LogP contribution in [0, 0.1) is 5.82 Å². The molecule has 2 heterocycles. The Balaban J connectivity index is 1.36. The third-order valence-electron chi connectivity index (χ3n) is 6.86. The Morgan fingerprint density at radius 2 is 1.76 bits per heavy atom. The number of hydrogen-bond acceptors (Lipinski definition) is 8. The highest BCUT2D eigenvalue weighted by molar-refractivity contribution is 9.13. The number of anilines is 1. The predicted molar refractivity (Wildman–Crippen MR) is 180 cm³/mol. The van der Waals surface area contributed by atoms with Crippen LogP contribution in [0.1, 0.15) is 5.56 Å². The van der Waals surface area contributed by atoms with Crippen molar-refractivity contribution in [2.45, 2.75) is 0 Å². The van der Waals surface area contributed by atoms with Gasteiger partial charge in [0.15, 0.2) is 23.9 Å². The second-order valence-electron chi connectivity index (χ2n) is 9.77. The van der Waals surface area contributed by atoms with Crippen LogP contribution in [-0.4, -0.2) is 42.6 Å². The Hall–Kier alpha value is -5.01. The number of ether oxygens (including phenoxy) is 3. The average Bonchev–Trinajstić information content (AvgIpc) is 3.50. The van der Waals surface area contributed by atoms with Gasteiger partial charge in [-0.3, -0.25) is 9.59 Å². The molecule has 13 heteroatoms. The summed E-state index contributed by atoms with van der Waals surface area (Å²) in [6.45, 7) is -0.380. The molecule has 0 aliphatic heterocycles. The molecule has 1 amide bonds. The van der Waals surface area contributed by atoms with Crippen LogP contribution in [0.5, 0.6) is 17.2 Å². The quantitative estimate of drug-likeness (QED) is 0.153. The van der Waals surface area contributed by atoms with Gasteiger partial charge >= 0.3 is 0 Å². The molecule has 0 unspecified atom stereocenters. The average molecular weight is 750 g/mol. The summed E-state index contributed by atoms with van der Waals surface area (Å²) in [6, 6.07) is 21.3. The van der Waals surface area contributed by atoms with Gasteiger partial charge in [0.1, 0.15) is 17.1 Å². The molecule has 6 aromatic rings. The maximum absolute atomic E-state index is 13.7. The Morgan fingerprint density at radius 3 is 2.54 bits per heavy atom. The van der Waals surface area contributed by atoms with Crippen LogP contribution in [0.15, 0.2) is 102 Å². The van der Waals surface area contributed by atoms with E-state index in [-0.39, 0.29) is 23.9 Å². The molecule has 0 aliphatic carbocycles. The second kappa shape index (κ2) is 13.2. The van der Waals surface area contributed by atoms with E-state index >= 15 is 0 Å². The summed E-state index contributed by atoms with van der Waals surface area (Å²) >= 11 is 7.05. The maximum Gasteiger partial charge on any atom is 0.282 e. The van der Waals surface area contributed by atoms with Gasteiger partial charge < -0.3 is 23.9 Å². The van der Waals surface area contributed by atoms with Gasteiger partial charge in [-0.15, -0.1) is 0 Å². The summed E-state index contributed by atoms with van der Waals surface area (Å²) in [5.41, 5.74) is 1.44. The normalized spacial score (nSPS) is 11.3. The molecule has 0 spiro atoms. The summed E-state index contributed by atoms with van der Waals surface area (Å²) in [7, 11) is 3.01. The smallest absolute Gasteiger partial charge is 0.282 e. The number of nitrogens with one attached hydrogen (secondary N) is 1. The molecule has 6 rings (SSSR count). The second-order valence-corrected chi connectivity index (χ2v) is 11.4. The highest BCUT2D eigenvalue weighted by Gasteiger charge is 2.20. The van der Waals surface area contributed by atoms with Crippen molar-refractivity contribution < 1.29 is 27.8 Å². The van der Waals surface area contributed by atoms with E-state index < -0.39 is 17.3 Å². The fourth-order valence-corrected chi connectivity index (χ4v) is 5.65. The van der Waals surface area contributed by atoms with Gasteiger partial charge in [-0.1, -0.05) is 24.3 Å². The minimum atomic E-state index is -0.500. The van der Waals surface area contributed by atoms with Crippen LogP contribution < -0.4 is 25.1 Å². The van der Waals surface area contributed by atoms with Gasteiger partial charge in [-0.05, 0) is 86.5 Å². The lowest BCUT2D eigenvalue weighted by Gasteiger charge is -2.15. The van der Waals surface area contributed by atoms with Gasteiger partial charge in [0.25, 0.3) is 11.5 Å². The van der Waals surface area contributed by atoms with E-state index in [9.17, 15) is 14.0 Å². The van der Waals surface area contributed by atoms with Crippen LogP contribution in [0.4, 0.5) is 10.1 Å². The first-order chi connectivity index (χ1) is 22.3. The van der Waals surface area contributed by atoms with Crippen molar-refractivity contribution in [3.05, 3.63) is 110 Å². The van der Waals surface area contributed by atoms with Gasteiger partial charge in [-0.25, -0.2) is 9.37 Å². The zero-order valence-corrected chi connectivity index (χ0v) is 27.4. The summed E-state index contributed by atoms with van der Waals surface area (Å²) in [4.78, 5) is 30.9. The van der Waals surface area contributed by atoms with E-state index in [0.29, 0.717) is 48.2 Å². The lowest BCUT2D eigenvalue weighted by atomic mass is 10.2. The standard InChI is InChI=1S/C33H23Br2FN4O6/c1-43-24-11-6-12-25-22(24)15-27(46-25)32-39-23-10-4-3-9-21(23)33(42)40(32)37-16-18-13-26(44-2)31(30(35)29(18)34)45-17-28(41)38-20-8-5-7-19(36)14-20/h3-16H,17H2,1-2H3,(H,38,41). The zero-order valence-electron chi connectivity index (χ0n) is 24.2. The van der Waals surface area contributed by atoms with E-state index in [0.717, 1.165) is 5.39 Å². The van der Waals surface area contributed by atoms with E-state index in [4.69, 9.17) is 23.6 Å². The van der Waals surface area contributed by atoms with E-state index in [1.54, 1.807) is 61.7 Å². The number of fused-ring (bicyclic) bond motifs is 2. The Kier molecular flexibility index (Phi) is 8.86. The van der Waals surface area contributed by atoms with E-state index in [1.165, 1.54) is 36.2 Å². The van der Waals surface area contributed by atoms with Crippen molar-refractivity contribution in [3.8, 4) is 28.8 Å². The van der Waals surface area contributed by atoms with Crippen LogP contribution in [-0.2, 0) is 4.79 Å². The topological polar surface area (TPSA) is 117 Å². The van der Waals surface area contributed by atoms with Crippen molar-refractivity contribution in [3.63, 3.8) is 0 Å². The Labute approximate surface area is 277 Å². The van der Waals surface area contributed by atoms with E-state index in [2.05, 4.69) is 42.3 Å². The fourth-order valence-electron chi connectivity index (χ4n) is 4.72. The van der Waals surface area contributed by atoms with Gasteiger partial charge in [0.2, 0.25) is 5.82 Å². The fraction of sp³-hybridized carbons (Fsp3) is 0.0909. The van der Waals surface area contributed by atoms with Crippen molar-refractivity contribution >= 4 is 71.5 Å². The monoisotopic (exact) mass is 748 g/mol. The maximum atomic E-state index is 13.7. The Bertz CT molecular complexity index is 2220. The first kappa shape index (κ1) is 31.0. The number of hydrogen-bond donors (Lipinski definition) is 1. The molecule has 0 aliphatic rings.